The summed E-state index contributed by atoms with van der Waals surface area (Å²) < 4.78 is 32.9. The summed E-state index contributed by atoms with van der Waals surface area (Å²) in [5.41, 5.74) is 0. The summed E-state index contributed by atoms with van der Waals surface area (Å²) in [4.78, 5) is 0. The first-order valence-electron chi connectivity index (χ1n) is 6.96. The molecule has 0 saturated carbocycles. The van der Waals surface area contributed by atoms with Crippen LogP contribution in [-0.4, -0.2) is 33.0 Å². The monoisotopic (exact) mass is 278 g/mol. The lowest BCUT2D eigenvalue weighted by molar-refractivity contribution is -0.0174. The van der Waals surface area contributed by atoms with Gasteiger partial charge in [0, 0.05) is 0 Å². The van der Waals surface area contributed by atoms with E-state index in [0.717, 1.165) is 25.5 Å². The van der Waals surface area contributed by atoms with Gasteiger partial charge in [-0.3, -0.25) is 4.18 Å². The molecule has 4 nitrogen and oxygen atoms in total. The summed E-state index contributed by atoms with van der Waals surface area (Å²) in [6, 6.07) is 0. The first kappa shape index (κ1) is 15.9. The van der Waals surface area contributed by atoms with Crippen molar-refractivity contribution in [1.82, 2.24) is 0 Å². The zero-order valence-corrected chi connectivity index (χ0v) is 12.5. The maximum absolute atomic E-state index is 11.0. The van der Waals surface area contributed by atoms with Crippen molar-refractivity contribution in [3.05, 3.63) is 0 Å². The molecule has 0 amide bonds. The molecule has 0 radical (unpaired) electrons. The molecule has 1 rings (SSSR count). The topological polar surface area (TPSA) is 52.6 Å². The van der Waals surface area contributed by atoms with E-state index in [2.05, 4.69) is 6.92 Å². The molecule has 0 spiro atoms. The lowest BCUT2D eigenvalue weighted by Crippen LogP contribution is -2.28. The van der Waals surface area contributed by atoms with E-state index < -0.39 is 10.1 Å². The maximum atomic E-state index is 11.0. The van der Waals surface area contributed by atoms with Gasteiger partial charge in [-0.05, 0) is 26.2 Å². The van der Waals surface area contributed by atoms with Gasteiger partial charge in [-0.2, -0.15) is 8.42 Å². The Hall–Kier alpha value is -0.130. The quantitative estimate of drug-likeness (QED) is 0.506. The summed E-state index contributed by atoms with van der Waals surface area (Å²) in [7, 11) is -3.38. The van der Waals surface area contributed by atoms with Crippen LogP contribution >= 0.6 is 0 Å². The third-order valence-corrected chi connectivity index (χ3v) is 4.02. The van der Waals surface area contributed by atoms with Gasteiger partial charge in [0.15, 0.2) is 0 Å². The largest absolute Gasteiger partial charge is 0.372 e. The SMILES string of the molecule is CCCCCC[C@@H]1CC[C@H]([C@@H](C)OS(C)(=O)=O)O1. The Morgan fingerprint density at radius 1 is 1.28 bits per heavy atom. The van der Waals surface area contributed by atoms with Crippen LogP contribution in [0.5, 0.6) is 0 Å². The summed E-state index contributed by atoms with van der Waals surface area (Å²) in [5.74, 6) is 0. The highest BCUT2D eigenvalue weighted by Crippen LogP contribution is 2.27. The Balaban J connectivity index is 2.24. The molecule has 18 heavy (non-hydrogen) atoms. The van der Waals surface area contributed by atoms with Crippen molar-refractivity contribution in [3.63, 3.8) is 0 Å². The first-order chi connectivity index (χ1) is 8.42. The van der Waals surface area contributed by atoms with Gasteiger partial charge in [0.2, 0.25) is 0 Å². The lowest BCUT2D eigenvalue weighted by atomic mass is 10.1. The minimum absolute atomic E-state index is 0.0732. The van der Waals surface area contributed by atoms with Crippen molar-refractivity contribution in [3.8, 4) is 0 Å². The molecule has 1 saturated heterocycles. The van der Waals surface area contributed by atoms with Gasteiger partial charge in [0.1, 0.15) is 6.10 Å². The zero-order valence-electron chi connectivity index (χ0n) is 11.7. The van der Waals surface area contributed by atoms with Crippen molar-refractivity contribution in [2.75, 3.05) is 6.26 Å². The van der Waals surface area contributed by atoms with E-state index in [1.807, 2.05) is 0 Å². The second kappa shape index (κ2) is 7.46. The molecular weight excluding hydrogens is 252 g/mol. The summed E-state index contributed by atoms with van der Waals surface area (Å²) >= 11 is 0. The number of unbranched alkanes of at least 4 members (excludes halogenated alkanes) is 3. The normalized spacial score (nSPS) is 26.4. The molecule has 5 heteroatoms. The van der Waals surface area contributed by atoms with Crippen molar-refractivity contribution < 1.29 is 17.3 Å². The fourth-order valence-electron chi connectivity index (χ4n) is 2.43. The third-order valence-electron chi connectivity index (χ3n) is 3.37. The highest BCUT2D eigenvalue weighted by molar-refractivity contribution is 7.86. The molecule has 1 aliphatic rings. The van der Waals surface area contributed by atoms with Gasteiger partial charge in [-0.15, -0.1) is 0 Å². The molecule has 0 unspecified atom stereocenters. The second-order valence-electron chi connectivity index (χ2n) is 5.23. The van der Waals surface area contributed by atoms with Crippen LogP contribution in [0.25, 0.3) is 0 Å². The Bertz CT molecular complexity index is 326. The van der Waals surface area contributed by atoms with Crippen LogP contribution in [0.3, 0.4) is 0 Å². The third kappa shape index (κ3) is 6.16. The van der Waals surface area contributed by atoms with E-state index in [-0.39, 0.29) is 18.3 Å². The molecule has 1 aliphatic heterocycles. The molecule has 0 aliphatic carbocycles. The van der Waals surface area contributed by atoms with Crippen LogP contribution < -0.4 is 0 Å². The van der Waals surface area contributed by atoms with Crippen molar-refractivity contribution >= 4 is 10.1 Å². The average Bonchev–Trinajstić information content (AvgIpc) is 2.71. The van der Waals surface area contributed by atoms with Crippen molar-refractivity contribution in [1.29, 1.82) is 0 Å². The van der Waals surface area contributed by atoms with Gasteiger partial charge in [-0.1, -0.05) is 32.6 Å². The van der Waals surface area contributed by atoms with E-state index in [4.69, 9.17) is 8.92 Å². The Morgan fingerprint density at radius 3 is 2.61 bits per heavy atom. The minimum atomic E-state index is -3.38. The fraction of sp³-hybridized carbons (Fsp3) is 1.00. The zero-order chi connectivity index (χ0) is 13.6. The van der Waals surface area contributed by atoms with Crippen LogP contribution in [0.2, 0.25) is 0 Å². The molecule has 0 aromatic heterocycles. The van der Waals surface area contributed by atoms with E-state index in [1.54, 1.807) is 6.92 Å². The van der Waals surface area contributed by atoms with Crippen LogP contribution in [0.1, 0.15) is 58.8 Å². The van der Waals surface area contributed by atoms with Gasteiger partial charge in [0.05, 0.1) is 18.5 Å². The highest BCUT2D eigenvalue weighted by Gasteiger charge is 2.31. The Kier molecular flexibility index (Phi) is 6.60. The smallest absolute Gasteiger partial charge is 0.264 e. The Morgan fingerprint density at radius 2 is 2.00 bits per heavy atom. The van der Waals surface area contributed by atoms with E-state index in [1.165, 1.54) is 25.7 Å². The fourth-order valence-corrected chi connectivity index (χ4v) is 3.10. The van der Waals surface area contributed by atoms with Crippen LogP contribution in [0.15, 0.2) is 0 Å². The average molecular weight is 278 g/mol. The van der Waals surface area contributed by atoms with E-state index in [9.17, 15) is 8.42 Å². The molecule has 0 aromatic carbocycles. The van der Waals surface area contributed by atoms with Gasteiger partial charge >= 0.3 is 0 Å². The summed E-state index contributed by atoms with van der Waals surface area (Å²) in [5, 5.41) is 0. The molecule has 0 aromatic rings. The molecule has 108 valence electrons. The number of hydrogen-bond donors (Lipinski definition) is 0. The lowest BCUT2D eigenvalue weighted by Gasteiger charge is -2.19. The van der Waals surface area contributed by atoms with Gasteiger partial charge < -0.3 is 4.74 Å². The molecule has 1 heterocycles. The molecular formula is C13H26O4S. The molecule has 0 bridgehead atoms. The summed E-state index contributed by atoms with van der Waals surface area (Å²) in [6.07, 6.45) is 8.92. The van der Waals surface area contributed by atoms with E-state index >= 15 is 0 Å². The maximum Gasteiger partial charge on any atom is 0.264 e. The highest BCUT2D eigenvalue weighted by atomic mass is 32.2. The number of rotatable bonds is 8. The van der Waals surface area contributed by atoms with Crippen molar-refractivity contribution in [2.24, 2.45) is 0 Å². The van der Waals surface area contributed by atoms with Crippen LogP contribution in [0.4, 0.5) is 0 Å². The second-order valence-corrected chi connectivity index (χ2v) is 6.83. The van der Waals surface area contributed by atoms with Gasteiger partial charge in [0.25, 0.3) is 10.1 Å². The molecule has 0 N–H and O–H groups in total. The van der Waals surface area contributed by atoms with Crippen LogP contribution in [0, 0.1) is 0 Å². The Labute approximate surface area is 111 Å². The standard InChI is InChI=1S/C13H26O4S/c1-4-5-6-7-8-12-9-10-13(16-12)11(2)17-18(3,14)15/h11-13H,4-10H2,1-3H3/t11-,12-,13-/m1/s1. The minimum Gasteiger partial charge on any atom is -0.372 e. The number of hydrogen-bond acceptors (Lipinski definition) is 4. The van der Waals surface area contributed by atoms with E-state index in [0.29, 0.717) is 0 Å². The van der Waals surface area contributed by atoms with Gasteiger partial charge in [-0.25, -0.2) is 0 Å². The number of ether oxygens (including phenoxy) is 1. The predicted octanol–water partition coefficient (Wildman–Crippen LogP) is 2.87. The van der Waals surface area contributed by atoms with Crippen LogP contribution in [-0.2, 0) is 19.0 Å². The predicted molar refractivity (Wildman–Crippen MR) is 72.0 cm³/mol. The summed E-state index contributed by atoms with van der Waals surface area (Å²) in [6.45, 7) is 3.97. The first-order valence-corrected chi connectivity index (χ1v) is 8.77. The molecule has 1 fully saturated rings. The molecule has 3 atom stereocenters. The van der Waals surface area contributed by atoms with Crippen molar-refractivity contribution in [2.45, 2.75) is 77.1 Å².